The van der Waals surface area contributed by atoms with Gasteiger partial charge in [0.25, 0.3) is 0 Å². The maximum atomic E-state index is 3.44. The van der Waals surface area contributed by atoms with Crippen LogP contribution in [0.5, 0.6) is 0 Å². The normalized spacial score (nSPS) is 10.9. The van der Waals surface area contributed by atoms with E-state index < -0.39 is 0 Å². The highest BCUT2D eigenvalue weighted by atomic mass is 14.7. The number of aromatic nitrogens is 1. The number of H-pyrrole nitrogens is 1. The molecule has 1 N–H and O–H groups in total. The molecule has 84 valence electrons. The topological polar surface area (TPSA) is 15.8 Å². The first-order chi connectivity index (χ1) is 8.25. The van der Waals surface area contributed by atoms with E-state index in [1.54, 1.807) is 0 Å². The number of aromatic amines is 1. The summed E-state index contributed by atoms with van der Waals surface area (Å²) in [5, 5.41) is 1.30. The zero-order valence-corrected chi connectivity index (χ0v) is 10.1. The summed E-state index contributed by atoms with van der Waals surface area (Å²) in [4.78, 5) is 3.44. The molecule has 0 spiro atoms. The number of hydrogen-bond acceptors (Lipinski definition) is 0. The SMILES string of the molecule is Cc1cccc(-c2c(C)[nH]c3ccccc23)c1. The lowest BCUT2D eigenvalue weighted by molar-refractivity contribution is 1.30. The third-order valence-electron chi connectivity index (χ3n) is 3.20. The Morgan fingerprint density at radius 1 is 0.882 bits per heavy atom. The van der Waals surface area contributed by atoms with E-state index in [2.05, 4.69) is 67.4 Å². The molecule has 0 fully saturated rings. The molecule has 0 aliphatic rings. The molecular weight excluding hydrogens is 206 g/mol. The van der Waals surface area contributed by atoms with E-state index in [1.165, 1.54) is 33.3 Å². The van der Waals surface area contributed by atoms with E-state index in [4.69, 9.17) is 0 Å². The van der Waals surface area contributed by atoms with Crippen LogP contribution in [0.15, 0.2) is 48.5 Å². The van der Waals surface area contributed by atoms with Gasteiger partial charge in [0, 0.05) is 22.2 Å². The minimum atomic E-state index is 1.21. The molecule has 0 aliphatic heterocycles. The lowest BCUT2D eigenvalue weighted by Crippen LogP contribution is -1.80. The van der Waals surface area contributed by atoms with Gasteiger partial charge in [0.05, 0.1) is 0 Å². The quantitative estimate of drug-likeness (QED) is 0.624. The van der Waals surface area contributed by atoms with Gasteiger partial charge in [-0.25, -0.2) is 0 Å². The molecule has 1 aromatic heterocycles. The summed E-state index contributed by atoms with van der Waals surface area (Å²) in [5.74, 6) is 0. The zero-order valence-electron chi connectivity index (χ0n) is 10.1. The van der Waals surface area contributed by atoms with E-state index >= 15 is 0 Å². The smallest absolute Gasteiger partial charge is 0.0462 e. The van der Waals surface area contributed by atoms with E-state index in [0.29, 0.717) is 0 Å². The monoisotopic (exact) mass is 221 g/mol. The molecule has 0 saturated carbocycles. The summed E-state index contributed by atoms with van der Waals surface area (Å²) in [6.45, 7) is 4.27. The van der Waals surface area contributed by atoms with Gasteiger partial charge >= 0.3 is 0 Å². The summed E-state index contributed by atoms with van der Waals surface area (Å²) in [7, 11) is 0. The average Bonchev–Trinajstić information content (AvgIpc) is 2.64. The van der Waals surface area contributed by atoms with Crippen LogP contribution in [0.1, 0.15) is 11.3 Å². The highest BCUT2D eigenvalue weighted by Crippen LogP contribution is 2.32. The van der Waals surface area contributed by atoms with E-state index in [9.17, 15) is 0 Å². The standard InChI is InChI=1S/C16H15N/c1-11-6-5-7-13(10-11)16-12(2)17-15-9-4-3-8-14(15)16/h3-10,17H,1-2H3. The van der Waals surface area contributed by atoms with E-state index in [-0.39, 0.29) is 0 Å². The van der Waals surface area contributed by atoms with E-state index in [0.717, 1.165) is 0 Å². The van der Waals surface area contributed by atoms with Gasteiger partial charge in [-0.3, -0.25) is 0 Å². The first-order valence-corrected chi connectivity index (χ1v) is 5.90. The van der Waals surface area contributed by atoms with Gasteiger partial charge in [-0.05, 0) is 25.5 Å². The molecule has 0 aliphatic carbocycles. The second-order valence-electron chi connectivity index (χ2n) is 4.54. The second-order valence-corrected chi connectivity index (χ2v) is 4.54. The van der Waals surface area contributed by atoms with Crippen LogP contribution in [-0.4, -0.2) is 4.98 Å². The van der Waals surface area contributed by atoms with Crippen LogP contribution in [0.3, 0.4) is 0 Å². The van der Waals surface area contributed by atoms with Crippen molar-refractivity contribution in [1.29, 1.82) is 0 Å². The van der Waals surface area contributed by atoms with Crippen LogP contribution in [-0.2, 0) is 0 Å². The molecule has 0 saturated heterocycles. The Kier molecular flexibility index (Phi) is 2.25. The molecule has 1 heterocycles. The van der Waals surface area contributed by atoms with Crippen LogP contribution >= 0.6 is 0 Å². The summed E-state index contributed by atoms with van der Waals surface area (Å²) in [6.07, 6.45) is 0. The third kappa shape index (κ3) is 1.64. The molecule has 0 radical (unpaired) electrons. The van der Waals surface area contributed by atoms with Crippen molar-refractivity contribution < 1.29 is 0 Å². The number of rotatable bonds is 1. The summed E-state index contributed by atoms with van der Waals surface area (Å²) >= 11 is 0. The Bertz CT molecular complexity index is 677. The number of nitrogens with one attached hydrogen (secondary N) is 1. The van der Waals surface area contributed by atoms with Crippen molar-refractivity contribution in [3.05, 3.63) is 59.8 Å². The van der Waals surface area contributed by atoms with Crippen LogP contribution in [0, 0.1) is 13.8 Å². The van der Waals surface area contributed by atoms with Crippen molar-refractivity contribution in [2.75, 3.05) is 0 Å². The van der Waals surface area contributed by atoms with Gasteiger partial charge < -0.3 is 4.98 Å². The number of fused-ring (bicyclic) bond motifs is 1. The summed E-state index contributed by atoms with van der Waals surface area (Å²) < 4.78 is 0. The molecule has 3 aromatic rings. The Morgan fingerprint density at radius 2 is 1.71 bits per heavy atom. The molecule has 2 aromatic carbocycles. The predicted octanol–water partition coefficient (Wildman–Crippen LogP) is 4.45. The molecule has 0 atom stereocenters. The average molecular weight is 221 g/mol. The Morgan fingerprint density at radius 3 is 2.53 bits per heavy atom. The Labute approximate surface area is 101 Å². The lowest BCUT2D eigenvalue weighted by Gasteiger charge is -2.03. The number of para-hydroxylation sites is 1. The largest absolute Gasteiger partial charge is 0.358 e. The molecule has 1 heteroatoms. The number of benzene rings is 2. The number of aryl methyl sites for hydroxylation is 2. The first kappa shape index (κ1) is 10.2. The third-order valence-corrected chi connectivity index (χ3v) is 3.20. The van der Waals surface area contributed by atoms with Crippen LogP contribution in [0.25, 0.3) is 22.0 Å². The fourth-order valence-electron chi connectivity index (χ4n) is 2.45. The molecular formula is C16H15N. The molecule has 3 rings (SSSR count). The maximum Gasteiger partial charge on any atom is 0.0462 e. The van der Waals surface area contributed by atoms with Gasteiger partial charge in [-0.2, -0.15) is 0 Å². The fraction of sp³-hybridized carbons (Fsp3) is 0.125. The van der Waals surface area contributed by atoms with Gasteiger partial charge in [0.2, 0.25) is 0 Å². The van der Waals surface area contributed by atoms with Crippen LogP contribution < -0.4 is 0 Å². The molecule has 0 amide bonds. The van der Waals surface area contributed by atoms with Crippen molar-refractivity contribution in [2.45, 2.75) is 13.8 Å². The van der Waals surface area contributed by atoms with Crippen molar-refractivity contribution in [3.8, 4) is 11.1 Å². The van der Waals surface area contributed by atoms with Crippen molar-refractivity contribution in [2.24, 2.45) is 0 Å². The molecule has 0 bridgehead atoms. The fourth-order valence-corrected chi connectivity index (χ4v) is 2.45. The van der Waals surface area contributed by atoms with Gasteiger partial charge in [0.15, 0.2) is 0 Å². The predicted molar refractivity (Wildman–Crippen MR) is 73.2 cm³/mol. The molecule has 0 unspecified atom stereocenters. The van der Waals surface area contributed by atoms with Crippen molar-refractivity contribution in [1.82, 2.24) is 4.98 Å². The first-order valence-electron chi connectivity index (χ1n) is 5.90. The van der Waals surface area contributed by atoms with Crippen molar-refractivity contribution >= 4 is 10.9 Å². The number of hydrogen-bond donors (Lipinski definition) is 1. The van der Waals surface area contributed by atoms with Gasteiger partial charge in [-0.15, -0.1) is 0 Å². The van der Waals surface area contributed by atoms with Crippen molar-refractivity contribution in [3.63, 3.8) is 0 Å². The van der Waals surface area contributed by atoms with Crippen LogP contribution in [0.4, 0.5) is 0 Å². The Hall–Kier alpha value is -2.02. The highest BCUT2D eigenvalue weighted by Gasteiger charge is 2.09. The lowest BCUT2D eigenvalue weighted by atomic mass is 10.0. The molecule has 17 heavy (non-hydrogen) atoms. The zero-order chi connectivity index (χ0) is 11.8. The second kappa shape index (κ2) is 3.77. The minimum absolute atomic E-state index is 1.21. The summed E-state index contributed by atoms with van der Waals surface area (Å²) in [6, 6.07) is 17.1. The van der Waals surface area contributed by atoms with Gasteiger partial charge in [-0.1, -0.05) is 48.0 Å². The summed E-state index contributed by atoms with van der Waals surface area (Å²) in [5.41, 5.74) is 6.36. The van der Waals surface area contributed by atoms with Crippen LogP contribution in [0.2, 0.25) is 0 Å². The Balaban J connectivity index is 2.33. The highest BCUT2D eigenvalue weighted by molar-refractivity contribution is 5.97. The molecule has 1 nitrogen and oxygen atoms in total. The minimum Gasteiger partial charge on any atom is -0.358 e. The van der Waals surface area contributed by atoms with E-state index in [1.807, 2.05) is 0 Å². The maximum absolute atomic E-state index is 3.44. The van der Waals surface area contributed by atoms with Gasteiger partial charge in [0.1, 0.15) is 0 Å².